The van der Waals surface area contributed by atoms with Crippen LogP contribution in [0.15, 0.2) is 48.5 Å². The van der Waals surface area contributed by atoms with Crippen molar-refractivity contribution in [2.75, 3.05) is 6.54 Å². The number of hydrogen-bond donors (Lipinski definition) is 1. The van der Waals surface area contributed by atoms with Gasteiger partial charge in [0.1, 0.15) is 5.82 Å². The largest absolute Gasteiger partial charge is 0.312 e. The number of hydrogen-bond acceptors (Lipinski definition) is 3. The lowest BCUT2D eigenvalue weighted by molar-refractivity contribution is -0.384. The van der Waals surface area contributed by atoms with Gasteiger partial charge in [-0.15, -0.1) is 17.0 Å². The molecule has 4 nitrogen and oxygen atoms in total. The highest BCUT2D eigenvalue weighted by Gasteiger charge is 2.03. The van der Waals surface area contributed by atoms with Crippen molar-refractivity contribution in [3.05, 3.63) is 75.6 Å². The van der Waals surface area contributed by atoms with Gasteiger partial charge in [0.15, 0.2) is 0 Å². The lowest BCUT2D eigenvalue weighted by Crippen LogP contribution is -2.16. The van der Waals surface area contributed by atoms with Gasteiger partial charge in [0, 0.05) is 18.7 Å². The van der Waals surface area contributed by atoms with Crippen LogP contribution in [0.3, 0.4) is 0 Å². The summed E-state index contributed by atoms with van der Waals surface area (Å²) in [5.74, 6) is -0.229. The van der Waals surface area contributed by atoms with Crippen LogP contribution in [0.4, 0.5) is 10.1 Å². The molecule has 2 aromatic rings. The van der Waals surface area contributed by atoms with E-state index in [9.17, 15) is 14.5 Å². The predicted molar refractivity (Wildman–Crippen MR) is 85.2 cm³/mol. The highest BCUT2D eigenvalue weighted by atomic mass is 79.9. The second-order valence-electron chi connectivity index (χ2n) is 4.48. The fourth-order valence-corrected chi connectivity index (χ4v) is 1.85. The molecule has 0 saturated carbocycles. The number of nitro benzene ring substituents is 1. The Hall–Kier alpha value is -1.79. The molecule has 6 heteroatoms. The van der Waals surface area contributed by atoms with E-state index in [0.717, 1.165) is 24.1 Å². The highest BCUT2D eigenvalue weighted by molar-refractivity contribution is 8.93. The van der Waals surface area contributed by atoms with Gasteiger partial charge in [0.2, 0.25) is 0 Å². The van der Waals surface area contributed by atoms with Crippen LogP contribution in [0.2, 0.25) is 0 Å². The maximum absolute atomic E-state index is 12.7. The summed E-state index contributed by atoms with van der Waals surface area (Å²) >= 11 is 0. The van der Waals surface area contributed by atoms with Crippen LogP contribution in [0.5, 0.6) is 0 Å². The number of non-ortho nitro benzene ring substituents is 1. The average molecular weight is 355 g/mol. The molecule has 21 heavy (non-hydrogen) atoms. The maximum atomic E-state index is 12.7. The van der Waals surface area contributed by atoms with Crippen molar-refractivity contribution >= 4 is 22.7 Å². The molecule has 0 aliphatic rings. The maximum Gasteiger partial charge on any atom is 0.269 e. The van der Waals surface area contributed by atoms with Gasteiger partial charge in [-0.2, -0.15) is 0 Å². The average Bonchev–Trinajstić information content (AvgIpc) is 2.46. The molecular formula is C15H16BrFN2O2. The minimum absolute atomic E-state index is 0. The lowest BCUT2D eigenvalue weighted by atomic mass is 10.1. The van der Waals surface area contributed by atoms with E-state index in [1.807, 2.05) is 0 Å². The Kier molecular flexibility index (Phi) is 6.98. The topological polar surface area (TPSA) is 55.2 Å². The van der Waals surface area contributed by atoms with Gasteiger partial charge in [0.25, 0.3) is 5.69 Å². The summed E-state index contributed by atoms with van der Waals surface area (Å²) in [6, 6.07) is 12.9. The molecule has 0 saturated heterocycles. The molecule has 112 valence electrons. The van der Waals surface area contributed by atoms with Crippen molar-refractivity contribution < 1.29 is 9.31 Å². The van der Waals surface area contributed by atoms with Gasteiger partial charge in [-0.3, -0.25) is 10.1 Å². The second-order valence-corrected chi connectivity index (χ2v) is 4.48. The molecule has 0 aliphatic carbocycles. The molecule has 0 bridgehead atoms. The molecule has 0 spiro atoms. The van der Waals surface area contributed by atoms with Crippen molar-refractivity contribution in [2.24, 2.45) is 0 Å². The molecule has 0 fully saturated rings. The van der Waals surface area contributed by atoms with Crippen molar-refractivity contribution in [3.63, 3.8) is 0 Å². The summed E-state index contributed by atoms with van der Waals surface area (Å²) < 4.78 is 12.7. The number of nitrogens with zero attached hydrogens (tertiary/aromatic N) is 1. The van der Waals surface area contributed by atoms with Crippen LogP contribution in [-0.4, -0.2) is 11.5 Å². The van der Waals surface area contributed by atoms with E-state index in [1.54, 1.807) is 24.3 Å². The molecule has 0 radical (unpaired) electrons. The van der Waals surface area contributed by atoms with Gasteiger partial charge in [0.05, 0.1) is 4.92 Å². The zero-order valence-corrected chi connectivity index (χ0v) is 13.0. The van der Waals surface area contributed by atoms with Crippen LogP contribution in [0.1, 0.15) is 11.1 Å². The van der Waals surface area contributed by atoms with Gasteiger partial charge in [-0.1, -0.05) is 24.3 Å². The Morgan fingerprint density at radius 2 is 1.57 bits per heavy atom. The first-order valence-corrected chi connectivity index (χ1v) is 6.33. The third-order valence-corrected chi connectivity index (χ3v) is 2.98. The Morgan fingerprint density at radius 3 is 2.14 bits per heavy atom. The molecule has 0 aliphatic heterocycles. The molecule has 2 rings (SSSR count). The molecule has 0 heterocycles. The van der Waals surface area contributed by atoms with Crippen molar-refractivity contribution in [1.82, 2.24) is 5.32 Å². The van der Waals surface area contributed by atoms with Gasteiger partial charge >= 0.3 is 0 Å². The smallest absolute Gasteiger partial charge is 0.269 e. The molecule has 2 aromatic carbocycles. The summed E-state index contributed by atoms with van der Waals surface area (Å²) in [5.41, 5.74) is 2.16. The summed E-state index contributed by atoms with van der Waals surface area (Å²) in [7, 11) is 0. The standard InChI is InChI=1S/C15H15FN2O2.BrH/c16-14-5-1-12(2-6-14)9-10-17-11-13-3-7-15(8-4-13)18(19)20;/h1-8,17H,9-11H2;1H. The summed E-state index contributed by atoms with van der Waals surface area (Å²) in [5, 5.41) is 13.8. The van der Waals surface area contributed by atoms with Crippen LogP contribution >= 0.6 is 17.0 Å². The van der Waals surface area contributed by atoms with Crippen LogP contribution in [-0.2, 0) is 13.0 Å². The SMILES string of the molecule is Br.O=[N+]([O-])c1ccc(CNCCc2ccc(F)cc2)cc1. The molecule has 0 aromatic heterocycles. The van der Waals surface area contributed by atoms with E-state index in [2.05, 4.69) is 5.32 Å². The number of benzene rings is 2. The van der Waals surface area contributed by atoms with E-state index in [-0.39, 0.29) is 28.5 Å². The Labute approximate surface area is 132 Å². The first kappa shape index (κ1) is 17.3. The monoisotopic (exact) mass is 354 g/mol. The van der Waals surface area contributed by atoms with Crippen LogP contribution < -0.4 is 5.32 Å². The van der Waals surface area contributed by atoms with Crippen molar-refractivity contribution in [1.29, 1.82) is 0 Å². The van der Waals surface area contributed by atoms with E-state index >= 15 is 0 Å². The Bertz CT molecular complexity index is 573. The predicted octanol–water partition coefficient (Wildman–Crippen LogP) is 3.64. The number of halogens is 2. The molecule has 1 N–H and O–H groups in total. The third kappa shape index (κ3) is 5.61. The van der Waals surface area contributed by atoms with Gasteiger partial charge in [-0.25, -0.2) is 4.39 Å². The minimum atomic E-state index is -0.411. The first-order valence-electron chi connectivity index (χ1n) is 6.33. The molecule has 0 unspecified atom stereocenters. The van der Waals surface area contributed by atoms with Crippen LogP contribution in [0.25, 0.3) is 0 Å². The Morgan fingerprint density at radius 1 is 1.00 bits per heavy atom. The van der Waals surface area contributed by atoms with E-state index in [1.165, 1.54) is 24.3 Å². The summed E-state index contributed by atoms with van der Waals surface area (Å²) in [6.07, 6.45) is 0.813. The molecule has 0 amide bonds. The second kappa shape index (κ2) is 8.49. The molecule has 0 atom stereocenters. The first-order chi connectivity index (χ1) is 9.65. The van der Waals surface area contributed by atoms with Crippen molar-refractivity contribution in [3.8, 4) is 0 Å². The van der Waals surface area contributed by atoms with Gasteiger partial charge in [-0.05, 0) is 36.2 Å². The van der Waals surface area contributed by atoms with Crippen LogP contribution in [0, 0.1) is 15.9 Å². The van der Waals surface area contributed by atoms with E-state index < -0.39 is 4.92 Å². The minimum Gasteiger partial charge on any atom is -0.312 e. The van der Waals surface area contributed by atoms with E-state index in [0.29, 0.717) is 6.54 Å². The summed E-state index contributed by atoms with van der Waals surface area (Å²) in [4.78, 5) is 10.1. The highest BCUT2D eigenvalue weighted by Crippen LogP contribution is 2.11. The normalized spacial score (nSPS) is 9.95. The fraction of sp³-hybridized carbons (Fsp3) is 0.200. The fourth-order valence-electron chi connectivity index (χ4n) is 1.85. The zero-order valence-electron chi connectivity index (χ0n) is 11.3. The zero-order chi connectivity index (χ0) is 14.4. The summed E-state index contributed by atoms with van der Waals surface area (Å²) in [6.45, 7) is 1.42. The quantitative estimate of drug-likeness (QED) is 0.489. The lowest BCUT2D eigenvalue weighted by Gasteiger charge is -2.05. The Balaban J connectivity index is 0.00000220. The molecular weight excluding hydrogens is 339 g/mol. The number of rotatable bonds is 6. The number of nitro groups is 1. The van der Waals surface area contributed by atoms with Crippen molar-refractivity contribution in [2.45, 2.75) is 13.0 Å². The third-order valence-electron chi connectivity index (χ3n) is 2.98. The van der Waals surface area contributed by atoms with E-state index in [4.69, 9.17) is 0 Å². The van der Waals surface area contributed by atoms with Gasteiger partial charge < -0.3 is 5.32 Å². The number of nitrogens with one attached hydrogen (secondary N) is 1.